The minimum Gasteiger partial charge on any atom is -0.490 e. The summed E-state index contributed by atoms with van der Waals surface area (Å²) in [6.45, 7) is 4.93. The van der Waals surface area contributed by atoms with E-state index in [1.54, 1.807) is 18.2 Å². The van der Waals surface area contributed by atoms with Crippen molar-refractivity contribution >= 4 is 28.0 Å². The molecule has 126 valence electrons. The number of benzene rings is 2. The summed E-state index contributed by atoms with van der Waals surface area (Å²) in [5.74, 6) is 1.40. The maximum atomic E-state index is 11.9. The molecular formula is C19H19BrO4. The Balaban J connectivity index is 2.05. The van der Waals surface area contributed by atoms with Crippen LogP contribution in [0.25, 0.3) is 6.08 Å². The van der Waals surface area contributed by atoms with E-state index in [0.717, 1.165) is 10.0 Å². The van der Waals surface area contributed by atoms with Gasteiger partial charge in [0.2, 0.25) is 0 Å². The highest BCUT2D eigenvalue weighted by molar-refractivity contribution is 9.10. The second kappa shape index (κ2) is 9.13. The topological polar surface area (TPSA) is 44.8 Å². The van der Waals surface area contributed by atoms with Crippen LogP contribution in [-0.4, -0.2) is 19.2 Å². The Kier molecular flexibility index (Phi) is 6.88. The summed E-state index contributed by atoms with van der Waals surface area (Å²) in [4.78, 5) is 11.9. The molecule has 0 aliphatic rings. The molecule has 0 spiro atoms. The van der Waals surface area contributed by atoms with E-state index in [2.05, 4.69) is 15.9 Å². The maximum absolute atomic E-state index is 11.9. The average Bonchev–Trinajstić information content (AvgIpc) is 2.57. The third kappa shape index (κ3) is 5.42. The number of rotatable bonds is 7. The Labute approximate surface area is 150 Å². The molecule has 0 fully saturated rings. The number of esters is 1. The second-order valence-electron chi connectivity index (χ2n) is 4.78. The SMILES string of the molecule is CCOc1ccc(/C=C/C(=O)Oc2ccc(Br)cc2)cc1OCC. The van der Waals surface area contributed by atoms with Crippen molar-refractivity contribution in [2.75, 3.05) is 13.2 Å². The highest BCUT2D eigenvalue weighted by atomic mass is 79.9. The predicted molar refractivity (Wildman–Crippen MR) is 97.6 cm³/mol. The lowest BCUT2D eigenvalue weighted by Crippen LogP contribution is -2.03. The maximum Gasteiger partial charge on any atom is 0.336 e. The molecule has 0 heterocycles. The van der Waals surface area contributed by atoms with Gasteiger partial charge in [0.15, 0.2) is 11.5 Å². The molecule has 2 aromatic rings. The molecule has 0 N–H and O–H groups in total. The van der Waals surface area contributed by atoms with Crippen molar-refractivity contribution in [1.82, 2.24) is 0 Å². The molecule has 4 nitrogen and oxygen atoms in total. The Morgan fingerprint density at radius 3 is 2.33 bits per heavy atom. The van der Waals surface area contributed by atoms with Gasteiger partial charge in [0.05, 0.1) is 13.2 Å². The number of carbonyl (C=O) groups is 1. The summed E-state index contributed by atoms with van der Waals surface area (Å²) < 4.78 is 17.2. The summed E-state index contributed by atoms with van der Waals surface area (Å²) in [5.41, 5.74) is 0.828. The fourth-order valence-corrected chi connectivity index (χ4v) is 2.25. The van der Waals surface area contributed by atoms with Gasteiger partial charge in [-0.25, -0.2) is 4.79 Å². The number of ether oxygens (including phenoxy) is 3. The van der Waals surface area contributed by atoms with Crippen LogP contribution in [0, 0.1) is 0 Å². The molecule has 0 aliphatic carbocycles. The van der Waals surface area contributed by atoms with E-state index in [9.17, 15) is 4.79 Å². The molecular weight excluding hydrogens is 372 g/mol. The summed E-state index contributed by atoms with van der Waals surface area (Å²) in [6.07, 6.45) is 3.06. The highest BCUT2D eigenvalue weighted by Crippen LogP contribution is 2.29. The fraction of sp³-hybridized carbons (Fsp3) is 0.211. The first kappa shape index (κ1) is 18.1. The van der Waals surface area contributed by atoms with E-state index < -0.39 is 5.97 Å². The van der Waals surface area contributed by atoms with Crippen LogP contribution in [-0.2, 0) is 4.79 Å². The largest absolute Gasteiger partial charge is 0.490 e. The zero-order valence-corrected chi connectivity index (χ0v) is 15.2. The first-order valence-corrected chi connectivity index (χ1v) is 8.46. The summed E-state index contributed by atoms with van der Waals surface area (Å²) in [6, 6.07) is 12.6. The number of hydrogen-bond acceptors (Lipinski definition) is 4. The average molecular weight is 391 g/mol. The molecule has 0 saturated heterocycles. The minimum atomic E-state index is -0.441. The van der Waals surface area contributed by atoms with E-state index in [0.29, 0.717) is 30.5 Å². The van der Waals surface area contributed by atoms with Crippen LogP contribution in [0.15, 0.2) is 53.0 Å². The van der Waals surface area contributed by atoms with Crippen molar-refractivity contribution < 1.29 is 19.0 Å². The third-order valence-electron chi connectivity index (χ3n) is 3.01. The van der Waals surface area contributed by atoms with Gasteiger partial charge in [-0.05, 0) is 61.9 Å². The standard InChI is InChI=1S/C19H19BrO4/c1-3-22-17-11-5-14(13-18(17)23-4-2)6-12-19(21)24-16-9-7-15(20)8-10-16/h5-13H,3-4H2,1-2H3/b12-6+. The Hall–Kier alpha value is -2.27. The lowest BCUT2D eigenvalue weighted by atomic mass is 10.2. The minimum absolute atomic E-state index is 0.441. The highest BCUT2D eigenvalue weighted by Gasteiger charge is 2.06. The normalized spacial score (nSPS) is 10.6. The summed E-state index contributed by atoms with van der Waals surface area (Å²) in [7, 11) is 0. The molecule has 0 bridgehead atoms. The molecule has 0 saturated carbocycles. The van der Waals surface area contributed by atoms with Crippen LogP contribution in [0.2, 0.25) is 0 Å². The Bertz CT molecular complexity index is 708. The molecule has 0 unspecified atom stereocenters. The molecule has 2 rings (SSSR count). The Morgan fingerprint density at radius 1 is 1.00 bits per heavy atom. The third-order valence-corrected chi connectivity index (χ3v) is 3.54. The molecule has 0 radical (unpaired) electrons. The van der Waals surface area contributed by atoms with Gasteiger partial charge >= 0.3 is 5.97 Å². The van der Waals surface area contributed by atoms with Gasteiger partial charge in [-0.3, -0.25) is 0 Å². The monoisotopic (exact) mass is 390 g/mol. The van der Waals surface area contributed by atoms with Crippen LogP contribution in [0.3, 0.4) is 0 Å². The van der Waals surface area contributed by atoms with Gasteiger partial charge in [0.1, 0.15) is 5.75 Å². The van der Waals surface area contributed by atoms with E-state index >= 15 is 0 Å². The number of carbonyl (C=O) groups excluding carboxylic acids is 1. The van der Waals surface area contributed by atoms with E-state index in [-0.39, 0.29) is 0 Å². The molecule has 24 heavy (non-hydrogen) atoms. The smallest absolute Gasteiger partial charge is 0.336 e. The molecule has 0 aliphatic heterocycles. The molecule has 0 amide bonds. The van der Waals surface area contributed by atoms with Crippen LogP contribution in [0.5, 0.6) is 17.2 Å². The van der Waals surface area contributed by atoms with Crippen molar-refractivity contribution in [3.05, 3.63) is 58.6 Å². The van der Waals surface area contributed by atoms with Gasteiger partial charge in [-0.2, -0.15) is 0 Å². The van der Waals surface area contributed by atoms with Gasteiger partial charge in [0, 0.05) is 10.5 Å². The van der Waals surface area contributed by atoms with Crippen molar-refractivity contribution in [3.8, 4) is 17.2 Å². The van der Waals surface area contributed by atoms with E-state index in [4.69, 9.17) is 14.2 Å². The zero-order chi connectivity index (χ0) is 17.4. The van der Waals surface area contributed by atoms with Gasteiger partial charge in [-0.1, -0.05) is 22.0 Å². The first-order chi connectivity index (χ1) is 11.6. The van der Waals surface area contributed by atoms with Gasteiger partial charge in [0.25, 0.3) is 0 Å². The number of halogens is 1. The molecule has 0 atom stereocenters. The van der Waals surface area contributed by atoms with Gasteiger partial charge in [-0.15, -0.1) is 0 Å². The van der Waals surface area contributed by atoms with Crippen LogP contribution >= 0.6 is 15.9 Å². The van der Waals surface area contributed by atoms with Crippen LogP contribution in [0.1, 0.15) is 19.4 Å². The van der Waals surface area contributed by atoms with Crippen molar-refractivity contribution in [3.63, 3.8) is 0 Å². The summed E-state index contributed by atoms with van der Waals surface area (Å²) in [5, 5.41) is 0. The fourth-order valence-electron chi connectivity index (χ4n) is 1.99. The second-order valence-corrected chi connectivity index (χ2v) is 5.70. The summed E-state index contributed by atoms with van der Waals surface area (Å²) >= 11 is 3.33. The van der Waals surface area contributed by atoms with Crippen molar-refractivity contribution in [2.45, 2.75) is 13.8 Å². The quantitative estimate of drug-likeness (QED) is 0.384. The zero-order valence-electron chi connectivity index (χ0n) is 13.6. The van der Waals surface area contributed by atoms with Crippen molar-refractivity contribution in [2.24, 2.45) is 0 Å². The first-order valence-electron chi connectivity index (χ1n) is 7.67. The van der Waals surface area contributed by atoms with Gasteiger partial charge < -0.3 is 14.2 Å². The van der Waals surface area contributed by atoms with Crippen molar-refractivity contribution in [1.29, 1.82) is 0 Å². The molecule has 0 aromatic heterocycles. The van der Waals surface area contributed by atoms with E-state index in [1.165, 1.54) is 6.08 Å². The molecule has 5 heteroatoms. The Morgan fingerprint density at radius 2 is 1.67 bits per heavy atom. The number of hydrogen-bond donors (Lipinski definition) is 0. The predicted octanol–water partition coefficient (Wildman–Crippen LogP) is 4.87. The lowest BCUT2D eigenvalue weighted by Gasteiger charge is -2.11. The lowest BCUT2D eigenvalue weighted by molar-refractivity contribution is -0.128. The van der Waals surface area contributed by atoms with E-state index in [1.807, 2.05) is 44.2 Å². The van der Waals surface area contributed by atoms with Crippen LogP contribution in [0.4, 0.5) is 0 Å². The molecule has 2 aromatic carbocycles. The van der Waals surface area contributed by atoms with Crippen LogP contribution < -0.4 is 14.2 Å².